The Morgan fingerprint density at radius 2 is 1.64 bits per heavy atom. The minimum atomic E-state index is 0.759. The maximum atomic E-state index is 5.76. The highest BCUT2D eigenvalue weighted by Crippen LogP contribution is 2.18. The minimum absolute atomic E-state index is 0.759. The molecule has 0 unspecified atom stereocenters. The number of hydrogen-bond donors (Lipinski definition) is 0. The predicted octanol–water partition coefficient (Wildman–Crippen LogP) is 4.76. The molecule has 0 aliphatic carbocycles. The summed E-state index contributed by atoms with van der Waals surface area (Å²) in [5, 5.41) is 0.759. The van der Waals surface area contributed by atoms with Crippen molar-refractivity contribution < 1.29 is 0 Å². The van der Waals surface area contributed by atoms with E-state index in [4.69, 9.17) is 11.6 Å². The van der Waals surface area contributed by atoms with Gasteiger partial charge in [-0.3, -0.25) is 0 Å². The number of rotatable bonds is 4. The SMILES string of the molecule is C=C\C=C(C)/C(=C/C=C(\C)Cl)C(=C)C. The van der Waals surface area contributed by atoms with Crippen LogP contribution in [0, 0.1) is 0 Å². The van der Waals surface area contributed by atoms with Crippen LogP contribution in [0.3, 0.4) is 0 Å². The van der Waals surface area contributed by atoms with Crippen LogP contribution < -0.4 is 0 Å². The van der Waals surface area contributed by atoms with Gasteiger partial charge in [0.25, 0.3) is 0 Å². The summed E-state index contributed by atoms with van der Waals surface area (Å²) in [6.07, 6.45) is 7.56. The number of hydrogen-bond acceptors (Lipinski definition) is 0. The van der Waals surface area contributed by atoms with Gasteiger partial charge in [-0.2, -0.15) is 0 Å². The highest BCUT2D eigenvalue weighted by atomic mass is 35.5. The van der Waals surface area contributed by atoms with Crippen molar-refractivity contribution in [3.63, 3.8) is 0 Å². The third kappa shape index (κ3) is 4.88. The highest BCUT2D eigenvalue weighted by molar-refractivity contribution is 6.29. The van der Waals surface area contributed by atoms with Crippen molar-refractivity contribution in [2.24, 2.45) is 0 Å². The lowest BCUT2D eigenvalue weighted by molar-refractivity contribution is 1.33. The molecule has 0 saturated heterocycles. The van der Waals surface area contributed by atoms with Gasteiger partial charge in [0.2, 0.25) is 0 Å². The van der Waals surface area contributed by atoms with Gasteiger partial charge in [-0.25, -0.2) is 0 Å². The van der Waals surface area contributed by atoms with Crippen LogP contribution in [0.15, 0.2) is 59.2 Å². The van der Waals surface area contributed by atoms with E-state index in [9.17, 15) is 0 Å². The molecular weight excluding hydrogens is 192 g/mol. The molecule has 0 saturated carbocycles. The largest absolute Gasteiger partial charge is 0.0991 e. The molecule has 0 radical (unpaired) electrons. The molecular formula is C13H17Cl. The molecule has 14 heavy (non-hydrogen) atoms. The zero-order valence-electron chi connectivity index (χ0n) is 9.10. The standard InChI is InChI=1S/C13H17Cl/c1-6-7-11(4)13(10(2)3)9-8-12(5)14/h6-9H,1-2H2,3-5H3/b11-7-,12-8+,13-9+. The van der Waals surface area contributed by atoms with Gasteiger partial charge in [0.05, 0.1) is 0 Å². The van der Waals surface area contributed by atoms with Crippen LogP contribution in [0.1, 0.15) is 20.8 Å². The zero-order chi connectivity index (χ0) is 11.1. The molecule has 0 amide bonds. The van der Waals surface area contributed by atoms with Gasteiger partial charge in [0.1, 0.15) is 0 Å². The van der Waals surface area contributed by atoms with E-state index in [1.54, 1.807) is 6.08 Å². The molecule has 0 heterocycles. The molecule has 0 aromatic carbocycles. The first kappa shape index (κ1) is 13.0. The van der Waals surface area contributed by atoms with Crippen LogP contribution >= 0.6 is 11.6 Å². The second kappa shape index (κ2) is 6.44. The number of halogens is 1. The van der Waals surface area contributed by atoms with Crippen LogP contribution in [0.2, 0.25) is 0 Å². The van der Waals surface area contributed by atoms with E-state index in [1.807, 2.05) is 39.0 Å². The maximum Gasteiger partial charge on any atom is 0.0150 e. The Morgan fingerprint density at radius 1 is 1.07 bits per heavy atom. The second-order valence-corrected chi connectivity index (χ2v) is 3.80. The highest BCUT2D eigenvalue weighted by Gasteiger charge is 1.98. The van der Waals surface area contributed by atoms with Crippen molar-refractivity contribution in [3.05, 3.63) is 59.2 Å². The maximum absolute atomic E-state index is 5.76. The first-order valence-electron chi connectivity index (χ1n) is 4.48. The van der Waals surface area contributed by atoms with Crippen molar-refractivity contribution in [3.8, 4) is 0 Å². The lowest BCUT2D eigenvalue weighted by Crippen LogP contribution is -1.86. The van der Waals surface area contributed by atoms with Gasteiger partial charge in [0.15, 0.2) is 0 Å². The Labute approximate surface area is 92.0 Å². The predicted molar refractivity (Wildman–Crippen MR) is 66.5 cm³/mol. The van der Waals surface area contributed by atoms with Gasteiger partial charge in [-0.15, -0.1) is 0 Å². The lowest BCUT2D eigenvalue weighted by Gasteiger charge is -2.05. The average molecular weight is 209 g/mol. The zero-order valence-corrected chi connectivity index (χ0v) is 9.86. The number of allylic oxidation sites excluding steroid dienone is 8. The molecule has 0 fully saturated rings. The fourth-order valence-electron chi connectivity index (χ4n) is 1.08. The summed E-state index contributed by atoms with van der Waals surface area (Å²) in [5.41, 5.74) is 3.27. The van der Waals surface area contributed by atoms with E-state index in [-0.39, 0.29) is 0 Å². The Hall–Kier alpha value is -1.01. The topological polar surface area (TPSA) is 0 Å². The summed E-state index contributed by atoms with van der Waals surface area (Å²) >= 11 is 5.76. The smallest absolute Gasteiger partial charge is 0.0150 e. The third-order valence-electron chi connectivity index (χ3n) is 1.73. The van der Waals surface area contributed by atoms with Crippen LogP contribution in [0.5, 0.6) is 0 Å². The van der Waals surface area contributed by atoms with E-state index in [0.29, 0.717) is 0 Å². The molecule has 0 N–H and O–H groups in total. The first-order chi connectivity index (χ1) is 6.49. The Balaban J connectivity index is 5.06. The summed E-state index contributed by atoms with van der Waals surface area (Å²) in [6.45, 7) is 13.4. The molecule has 0 rings (SSSR count). The molecule has 0 atom stereocenters. The molecule has 0 bridgehead atoms. The van der Waals surface area contributed by atoms with Crippen LogP contribution in [-0.4, -0.2) is 0 Å². The molecule has 0 aromatic rings. The average Bonchev–Trinajstić information content (AvgIpc) is 2.03. The second-order valence-electron chi connectivity index (χ2n) is 3.20. The van der Waals surface area contributed by atoms with Crippen LogP contribution in [0.4, 0.5) is 0 Å². The monoisotopic (exact) mass is 208 g/mol. The fourth-order valence-corrected chi connectivity index (χ4v) is 1.14. The summed E-state index contributed by atoms with van der Waals surface area (Å²) in [7, 11) is 0. The van der Waals surface area contributed by atoms with Crippen molar-refractivity contribution >= 4 is 11.6 Å². The Bertz CT molecular complexity index is 310. The van der Waals surface area contributed by atoms with Crippen LogP contribution in [0.25, 0.3) is 0 Å². The van der Waals surface area contributed by atoms with Crippen LogP contribution in [-0.2, 0) is 0 Å². The molecule has 0 nitrogen and oxygen atoms in total. The van der Waals surface area contributed by atoms with Gasteiger partial charge in [-0.1, -0.05) is 48.6 Å². The van der Waals surface area contributed by atoms with E-state index < -0.39 is 0 Å². The Morgan fingerprint density at radius 3 is 2.00 bits per heavy atom. The van der Waals surface area contributed by atoms with E-state index in [1.165, 1.54) is 0 Å². The lowest BCUT2D eigenvalue weighted by atomic mass is 10.0. The quantitative estimate of drug-likeness (QED) is 0.585. The van der Waals surface area contributed by atoms with Gasteiger partial charge >= 0.3 is 0 Å². The normalized spacial score (nSPS) is 14.1. The fraction of sp³-hybridized carbons (Fsp3) is 0.231. The molecule has 0 spiro atoms. The van der Waals surface area contributed by atoms with Crippen molar-refractivity contribution in [1.82, 2.24) is 0 Å². The molecule has 0 aliphatic rings. The van der Waals surface area contributed by atoms with E-state index in [2.05, 4.69) is 13.2 Å². The van der Waals surface area contributed by atoms with Crippen molar-refractivity contribution in [2.75, 3.05) is 0 Å². The van der Waals surface area contributed by atoms with Crippen molar-refractivity contribution in [1.29, 1.82) is 0 Å². The summed E-state index contributed by atoms with van der Waals surface area (Å²) in [4.78, 5) is 0. The third-order valence-corrected chi connectivity index (χ3v) is 1.86. The molecule has 0 aliphatic heterocycles. The van der Waals surface area contributed by atoms with E-state index in [0.717, 1.165) is 21.8 Å². The van der Waals surface area contributed by atoms with Gasteiger partial charge in [-0.05, 0) is 38.0 Å². The Kier molecular flexibility index (Phi) is 5.98. The molecule has 1 heteroatoms. The van der Waals surface area contributed by atoms with E-state index >= 15 is 0 Å². The summed E-state index contributed by atoms with van der Waals surface area (Å²) < 4.78 is 0. The molecule has 76 valence electrons. The van der Waals surface area contributed by atoms with Gasteiger partial charge in [0, 0.05) is 5.03 Å². The summed E-state index contributed by atoms with van der Waals surface area (Å²) in [6, 6.07) is 0. The minimum Gasteiger partial charge on any atom is -0.0991 e. The first-order valence-corrected chi connectivity index (χ1v) is 4.86. The summed E-state index contributed by atoms with van der Waals surface area (Å²) in [5.74, 6) is 0. The van der Waals surface area contributed by atoms with Crippen molar-refractivity contribution in [2.45, 2.75) is 20.8 Å². The van der Waals surface area contributed by atoms with Gasteiger partial charge < -0.3 is 0 Å². The molecule has 0 aromatic heterocycles.